The van der Waals surface area contributed by atoms with Crippen LogP contribution in [0.25, 0.3) is 0 Å². The van der Waals surface area contributed by atoms with Gasteiger partial charge in [0.1, 0.15) is 12.5 Å². The van der Waals surface area contributed by atoms with Gasteiger partial charge in [0, 0.05) is 32.9 Å². The molecule has 0 saturated heterocycles. The summed E-state index contributed by atoms with van der Waals surface area (Å²) in [6.45, 7) is 5.59. The number of nitrogens with zero attached hydrogens (tertiary/aromatic N) is 1. The molecule has 0 amide bonds. The van der Waals surface area contributed by atoms with Gasteiger partial charge in [-0.15, -0.1) is 0 Å². The summed E-state index contributed by atoms with van der Waals surface area (Å²) in [6, 6.07) is 7.98. The average molecular weight is 449 g/mol. The third-order valence-corrected chi connectivity index (χ3v) is 5.38. The van der Waals surface area contributed by atoms with E-state index >= 15 is 0 Å². The standard InChI is InChI=1S/C20H20INO3/c1-3-11-25-20(24)17-12(2)22-15-5-4-6-16(23)19(15)18(17)13-7-9-14(21)10-8-13/h3,7-10,17-18H,1,4-6,11H2,2H3/t17?,18-/m1/s1. The van der Waals surface area contributed by atoms with Crippen molar-refractivity contribution in [2.24, 2.45) is 10.9 Å². The topological polar surface area (TPSA) is 55.7 Å². The Hall–Kier alpha value is -1.76. The molecule has 0 bridgehead atoms. The number of carbonyl (C=O) groups is 2. The lowest BCUT2D eigenvalue weighted by Crippen LogP contribution is -2.37. The highest BCUT2D eigenvalue weighted by Gasteiger charge is 2.42. The fourth-order valence-electron chi connectivity index (χ4n) is 3.57. The van der Waals surface area contributed by atoms with Gasteiger partial charge in [-0.2, -0.15) is 0 Å². The molecule has 2 aliphatic rings. The van der Waals surface area contributed by atoms with Crippen LogP contribution >= 0.6 is 22.6 Å². The van der Waals surface area contributed by atoms with Gasteiger partial charge in [0.15, 0.2) is 5.78 Å². The molecule has 25 heavy (non-hydrogen) atoms. The molecule has 4 nitrogen and oxygen atoms in total. The Morgan fingerprint density at radius 2 is 2.08 bits per heavy atom. The molecule has 5 heteroatoms. The molecule has 1 aromatic carbocycles. The number of hydrogen-bond acceptors (Lipinski definition) is 4. The third kappa shape index (κ3) is 3.61. The predicted octanol–water partition coefficient (Wildman–Crippen LogP) is 4.20. The van der Waals surface area contributed by atoms with Crippen molar-refractivity contribution in [3.8, 4) is 0 Å². The number of aliphatic imine (C=N–C) groups is 1. The van der Waals surface area contributed by atoms with Crippen molar-refractivity contribution >= 4 is 40.1 Å². The summed E-state index contributed by atoms with van der Waals surface area (Å²) in [6.07, 6.45) is 3.67. The Balaban J connectivity index is 2.10. The minimum atomic E-state index is -0.569. The minimum absolute atomic E-state index is 0.0996. The number of halogens is 1. The zero-order valence-corrected chi connectivity index (χ0v) is 16.3. The number of ketones is 1. The van der Waals surface area contributed by atoms with Gasteiger partial charge in [-0.05, 0) is 60.1 Å². The van der Waals surface area contributed by atoms with Crippen LogP contribution in [-0.2, 0) is 14.3 Å². The van der Waals surface area contributed by atoms with Crippen LogP contribution in [-0.4, -0.2) is 24.1 Å². The molecule has 0 aromatic heterocycles. The van der Waals surface area contributed by atoms with Crippen LogP contribution in [0.4, 0.5) is 0 Å². The van der Waals surface area contributed by atoms with E-state index in [-0.39, 0.29) is 24.3 Å². The number of ether oxygens (including phenoxy) is 1. The first kappa shape index (κ1) is 18.0. The third-order valence-electron chi connectivity index (χ3n) is 4.66. The van der Waals surface area contributed by atoms with Crippen molar-refractivity contribution in [1.82, 2.24) is 0 Å². The molecule has 0 N–H and O–H groups in total. The lowest BCUT2D eigenvalue weighted by atomic mass is 9.72. The van der Waals surface area contributed by atoms with Crippen LogP contribution in [0.1, 0.15) is 37.7 Å². The summed E-state index contributed by atoms with van der Waals surface area (Å²) in [5.41, 5.74) is 3.20. The number of allylic oxidation sites excluding steroid dienone is 2. The lowest BCUT2D eigenvalue weighted by molar-refractivity contribution is -0.145. The smallest absolute Gasteiger partial charge is 0.315 e. The molecule has 2 atom stereocenters. The maximum Gasteiger partial charge on any atom is 0.315 e. The highest BCUT2D eigenvalue weighted by atomic mass is 127. The molecule has 130 valence electrons. The molecule has 3 rings (SSSR count). The minimum Gasteiger partial charge on any atom is -0.461 e. The second-order valence-corrected chi connectivity index (χ2v) is 7.56. The van der Waals surface area contributed by atoms with E-state index in [9.17, 15) is 9.59 Å². The Morgan fingerprint density at radius 3 is 2.76 bits per heavy atom. The molecule has 1 aromatic rings. The number of hydrogen-bond donors (Lipinski definition) is 0. The van der Waals surface area contributed by atoms with Gasteiger partial charge in [0.05, 0.1) is 0 Å². The van der Waals surface area contributed by atoms with Gasteiger partial charge < -0.3 is 4.74 Å². The number of carbonyl (C=O) groups excluding carboxylic acids is 2. The molecular weight excluding hydrogens is 429 g/mol. The molecule has 1 heterocycles. The number of rotatable bonds is 4. The van der Waals surface area contributed by atoms with E-state index in [0.717, 1.165) is 27.7 Å². The van der Waals surface area contributed by atoms with Crippen LogP contribution in [0, 0.1) is 9.49 Å². The van der Waals surface area contributed by atoms with Crippen molar-refractivity contribution in [2.45, 2.75) is 32.1 Å². The van der Waals surface area contributed by atoms with Crippen molar-refractivity contribution in [3.63, 3.8) is 0 Å². The van der Waals surface area contributed by atoms with Crippen LogP contribution in [0.5, 0.6) is 0 Å². The van der Waals surface area contributed by atoms with Crippen LogP contribution in [0.2, 0.25) is 0 Å². The zero-order valence-electron chi connectivity index (χ0n) is 14.1. The maximum absolute atomic E-state index is 12.7. The van der Waals surface area contributed by atoms with Gasteiger partial charge in [0.2, 0.25) is 0 Å². The van der Waals surface area contributed by atoms with E-state index in [2.05, 4.69) is 34.2 Å². The normalized spacial score (nSPS) is 23.0. The highest BCUT2D eigenvalue weighted by molar-refractivity contribution is 14.1. The summed E-state index contributed by atoms with van der Waals surface area (Å²) in [5, 5.41) is 0. The van der Waals surface area contributed by atoms with Crippen LogP contribution in [0.15, 0.2) is 53.2 Å². The van der Waals surface area contributed by atoms with Crippen molar-refractivity contribution in [3.05, 3.63) is 57.3 Å². The lowest BCUT2D eigenvalue weighted by Gasteiger charge is -2.34. The zero-order chi connectivity index (χ0) is 18.0. The first-order chi connectivity index (χ1) is 12.0. The molecule has 0 saturated carbocycles. The summed E-state index contributed by atoms with van der Waals surface area (Å²) in [4.78, 5) is 30.0. The first-order valence-corrected chi connectivity index (χ1v) is 9.45. The molecule has 0 fully saturated rings. The summed E-state index contributed by atoms with van der Waals surface area (Å²) < 4.78 is 6.43. The fourth-order valence-corrected chi connectivity index (χ4v) is 3.93. The van der Waals surface area contributed by atoms with Crippen molar-refractivity contribution < 1.29 is 14.3 Å². The summed E-state index contributed by atoms with van der Waals surface area (Å²) in [5.74, 6) is -1.15. The van der Waals surface area contributed by atoms with Crippen molar-refractivity contribution in [2.75, 3.05) is 6.61 Å². The molecule has 0 radical (unpaired) electrons. The number of Topliss-reactive ketones (excluding diaryl/α,β-unsaturated/α-hetero) is 1. The van der Waals surface area contributed by atoms with Gasteiger partial charge in [-0.25, -0.2) is 0 Å². The van der Waals surface area contributed by atoms with Crippen molar-refractivity contribution in [1.29, 1.82) is 0 Å². The monoisotopic (exact) mass is 449 g/mol. The molecule has 0 spiro atoms. The summed E-state index contributed by atoms with van der Waals surface area (Å²) >= 11 is 2.24. The Bertz CT molecular complexity index is 777. The Kier molecular flexibility index (Phi) is 5.51. The van der Waals surface area contributed by atoms with E-state index in [0.29, 0.717) is 17.7 Å². The predicted molar refractivity (Wildman–Crippen MR) is 106 cm³/mol. The first-order valence-electron chi connectivity index (χ1n) is 8.37. The quantitative estimate of drug-likeness (QED) is 0.394. The average Bonchev–Trinajstić information content (AvgIpc) is 2.59. The summed E-state index contributed by atoms with van der Waals surface area (Å²) in [7, 11) is 0. The van der Waals surface area contributed by atoms with E-state index in [1.807, 2.05) is 31.2 Å². The van der Waals surface area contributed by atoms with Gasteiger partial charge in [-0.1, -0.05) is 24.8 Å². The second-order valence-electron chi connectivity index (χ2n) is 6.32. The molecule has 1 aliphatic carbocycles. The molecule has 1 unspecified atom stereocenters. The SMILES string of the molecule is C=CCOC(=O)C1C(C)=NC2=C(C(=O)CCC2)[C@@H]1c1ccc(I)cc1. The van der Waals surface area contributed by atoms with Crippen LogP contribution in [0.3, 0.4) is 0 Å². The Morgan fingerprint density at radius 1 is 1.36 bits per heavy atom. The highest BCUT2D eigenvalue weighted by Crippen LogP contribution is 2.43. The second kappa shape index (κ2) is 7.64. The van der Waals surface area contributed by atoms with E-state index in [1.165, 1.54) is 0 Å². The number of esters is 1. The van der Waals surface area contributed by atoms with E-state index < -0.39 is 5.92 Å². The van der Waals surface area contributed by atoms with Gasteiger partial charge in [-0.3, -0.25) is 14.6 Å². The van der Waals surface area contributed by atoms with E-state index in [1.54, 1.807) is 6.08 Å². The van der Waals surface area contributed by atoms with Gasteiger partial charge in [0.25, 0.3) is 0 Å². The molecular formula is C20H20INO3. The molecule has 1 aliphatic heterocycles. The largest absolute Gasteiger partial charge is 0.461 e. The van der Waals surface area contributed by atoms with Gasteiger partial charge >= 0.3 is 5.97 Å². The Labute approximate surface area is 161 Å². The van der Waals surface area contributed by atoms with Crippen LogP contribution < -0.4 is 0 Å². The van der Waals surface area contributed by atoms with E-state index in [4.69, 9.17) is 4.74 Å². The fraction of sp³-hybridized carbons (Fsp3) is 0.350. The number of benzene rings is 1. The maximum atomic E-state index is 12.7.